The minimum absolute atomic E-state index is 0.230. The van der Waals surface area contributed by atoms with Crippen LogP contribution in [0, 0.1) is 5.92 Å². The first kappa shape index (κ1) is 30.2. The van der Waals surface area contributed by atoms with Crippen molar-refractivity contribution in [2.24, 2.45) is 18.1 Å². The number of benzene rings is 2. The number of nitrogen functional groups attached to an aromatic ring is 1. The van der Waals surface area contributed by atoms with Crippen LogP contribution < -0.4 is 37.0 Å². The maximum Gasteiger partial charge on any atom is 0.329 e. The normalized spacial score (nSPS) is 22.2. The Morgan fingerprint density at radius 2 is 1.83 bits per heavy atom. The molecule has 0 radical (unpaired) electrons. The summed E-state index contributed by atoms with van der Waals surface area (Å²) in [6.07, 6.45) is 9.13. The third kappa shape index (κ3) is 5.38. The first-order valence-electron chi connectivity index (χ1n) is 16.4. The number of anilines is 2. The SMILES string of the molecule is COc1cc2c(cc1N)=C[N+](=C1CCC(CN(C)C3CCN(c4cccc5c4n(C)c(=O)n5C4CCC(=O)NC4=O)CC3)CC1)N=2. The van der Waals surface area contributed by atoms with Crippen molar-refractivity contribution in [3.63, 3.8) is 0 Å². The topological polar surface area (TPSA) is 130 Å². The Kier molecular flexibility index (Phi) is 7.92. The van der Waals surface area contributed by atoms with Crippen molar-refractivity contribution in [3.05, 3.63) is 51.4 Å². The van der Waals surface area contributed by atoms with E-state index in [4.69, 9.17) is 15.6 Å². The molecule has 3 aliphatic heterocycles. The van der Waals surface area contributed by atoms with Crippen LogP contribution in [0.2, 0.25) is 0 Å². The number of methoxy groups -OCH3 is 1. The van der Waals surface area contributed by atoms with Crippen molar-refractivity contribution in [3.8, 4) is 5.75 Å². The van der Waals surface area contributed by atoms with Gasteiger partial charge < -0.3 is 20.3 Å². The second-order valence-corrected chi connectivity index (χ2v) is 13.2. The zero-order chi connectivity index (χ0) is 32.1. The van der Waals surface area contributed by atoms with Crippen LogP contribution in [0.4, 0.5) is 11.4 Å². The van der Waals surface area contributed by atoms with E-state index in [1.54, 1.807) is 23.3 Å². The fourth-order valence-electron chi connectivity index (χ4n) is 7.84. The van der Waals surface area contributed by atoms with E-state index in [2.05, 4.69) is 39.1 Å². The van der Waals surface area contributed by atoms with Gasteiger partial charge in [-0.2, -0.15) is 0 Å². The summed E-state index contributed by atoms with van der Waals surface area (Å²) in [5, 5.41) is 9.15. The average molecular weight is 628 g/mol. The summed E-state index contributed by atoms with van der Waals surface area (Å²) in [5.74, 6) is 0.620. The van der Waals surface area contributed by atoms with Crippen LogP contribution in [0.1, 0.15) is 57.4 Å². The fraction of sp³-hybridized carbons (Fsp3) is 0.500. The van der Waals surface area contributed by atoms with Crippen molar-refractivity contribution in [2.75, 3.05) is 44.4 Å². The number of imide groups is 1. The lowest BCUT2D eigenvalue weighted by Gasteiger charge is -2.39. The van der Waals surface area contributed by atoms with Crippen LogP contribution in [0.5, 0.6) is 5.75 Å². The summed E-state index contributed by atoms with van der Waals surface area (Å²) < 4.78 is 10.6. The van der Waals surface area contributed by atoms with Crippen molar-refractivity contribution in [2.45, 2.75) is 63.5 Å². The van der Waals surface area contributed by atoms with Gasteiger partial charge in [-0.1, -0.05) is 10.8 Å². The minimum Gasteiger partial charge on any atom is -0.495 e. The molecule has 242 valence electrons. The van der Waals surface area contributed by atoms with Crippen molar-refractivity contribution in [1.29, 1.82) is 0 Å². The molecule has 3 aromatic rings. The zero-order valence-electron chi connectivity index (χ0n) is 26.9. The highest BCUT2D eigenvalue weighted by atomic mass is 16.5. The van der Waals surface area contributed by atoms with Crippen LogP contribution in [0.25, 0.3) is 17.2 Å². The van der Waals surface area contributed by atoms with Gasteiger partial charge >= 0.3 is 5.69 Å². The molecule has 3 fully saturated rings. The van der Waals surface area contributed by atoms with Crippen molar-refractivity contribution < 1.29 is 19.0 Å². The number of aryl methyl sites for hydroxylation is 1. The lowest BCUT2D eigenvalue weighted by Crippen LogP contribution is -2.45. The Balaban J connectivity index is 0.979. The fourth-order valence-corrected chi connectivity index (χ4v) is 7.84. The number of nitrogens with two attached hydrogens (primary N) is 1. The van der Waals surface area contributed by atoms with Gasteiger partial charge in [0.1, 0.15) is 17.1 Å². The molecule has 3 N–H and O–H groups in total. The molecule has 1 aliphatic carbocycles. The van der Waals surface area contributed by atoms with Gasteiger partial charge in [0.25, 0.3) is 0 Å². The Morgan fingerprint density at radius 3 is 2.54 bits per heavy atom. The number of nitrogens with one attached hydrogen (secondary N) is 1. The summed E-state index contributed by atoms with van der Waals surface area (Å²) in [7, 11) is 5.66. The molecule has 12 heteroatoms. The molecule has 2 aromatic carbocycles. The summed E-state index contributed by atoms with van der Waals surface area (Å²) in [6, 6.07) is 9.61. The Hall–Kier alpha value is -4.45. The predicted molar refractivity (Wildman–Crippen MR) is 176 cm³/mol. The van der Waals surface area contributed by atoms with E-state index in [1.807, 2.05) is 24.3 Å². The predicted octanol–water partition coefficient (Wildman–Crippen LogP) is 1.44. The largest absolute Gasteiger partial charge is 0.495 e. The van der Waals surface area contributed by atoms with Gasteiger partial charge in [0.15, 0.2) is 5.71 Å². The Labute approximate surface area is 267 Å². The molecule has 1 saturated carbocycles. The number of carbonyl (C=O) groups is 2. The van der Waals surface area contributed by atoms with E-state index in [1.165, 1.54) is 5.71 Å². The molecule has 12 nitrogen and oxygen atoms in total. The van der Waals surface area contributed by atoms with E-state index in [0.29, 0.717) is 29.8 Å². The number of ether oxygens (including phenoxy) is 1. The van der Waals surface area contributed by atoms with Crippen LogP contribution >= 0.6 is 0 Å². The van der Waals surface area contributed by atoms with Crippen LogP contribution in [0.15, 0.2) is 40.2 Å². The van der Waals surface area contributed by atoms with Crippen molar-refractivity contribution >= 4 is 46.1 Å². The molecule has 46 heavy (non-hydrogen) atoms. The Morgan fingerprint density at radius 1 is 1.07 bits per heavy atom. The number of fused-ring (bicyclic) bond motifs is 2. The zero-order valence-corrected chi connectivity index (χ0v) is 26.9. The van der Waals surface area contributed by atoms with Gasteiger partial charge in [-0.15, -0.1) is 0 Å². The molecular weight excluding hydrogens is 584 g/mol. The second kappa shape index (κ2) is 12.1. The van der Waals surface area contributed by atoms with E-state index >= 15 is 0 Å². The number of nitrogens with zero attached hydrogens (tertiary/aromatic N) is 6. The molecule has 1 unspecified atom stereocenters. The summed E-state index contributed by atoms with van der Waals surface area (Å²) in [5.41, 5.74) is 10.5. The van der Waals surface area contributed by atoms with E-state index in [0.717, 1.165) is 85.5 Å². The van der Waals surface area contributed by atoms with E-state index in [-0.39, 0.29) is 18.0 Å². The Bertz CT molecular complexity index is 1920. The van der Waals surface area contributed by atoms with Crippen LogP contribution in [0.3, 0.4) is 0 Å². The lowest BCUT2D eigenvalue weighted by molar-refractivity contribution is -0.430. The minimum atomic E-state index is -0.681. The van der Waals surface area contributed by atoms with Crippen molar-refractivity contribution in [1.82, 2.24) is 19.4 Å². The van der Waals surface area contributed by atoms with Gasteiger partial charge in [-0.3, -0.25) is 24.0 Å². The molecule has 2 saturated heterocycles. The standard InChI is InChI=1S/C34H42N8O4/c1-38(19-21-7-9-24(10-8-21)41-20-22-17-25(35)30(46-3)18-26(22)37-41)23-13-15-40(16-14-23)27-5-4-6-28-32(27)39(2)34(45)42(28)29-11-12-31(43)36-33(29)44/h4-6,17-18,20-21,23,29H,7-16,19,35H2,1-3H3/p+1. The lowest BCUT2D eigenvalue weighted by atomic mass is 9.87. The van der Waals surface area contributed by atoms with Gasteiger partial charge in [-0.25, -0.2) is 4.79 Å². The number of aromatic nitrogens is 2. The number of imidazole rings is 1. The molecular formula is C34H43N8O4+. The maximum absolute atomic E-state index is 13.4. The van der Waals surface area contributed by atoms with Gasteiger partial charge in [0, 0.05) is 63.2 Å². The molecule has 0 spiro atoms. The molecule has 1 atom stereocenters. The molecule has 4 aliphatic rings. The summed E-state index contributed by atoms with van der Waals surface area (Å²) >= 11 is 0. The van der Waals surface area contributed by atoms with E-state index in [9.17, 15) is 14.4 Å². The number of piperidine rings is 2. The highest BCUT2D eigenvalue weighted by Gasteiger charge is 2.33. The molecule has 0 bridgehead atoms. The molecule has 2 amide bonds. The first-order valence-corrected chi connectivity index (χ1v) is 16.4. The summed E-state index contributed by atoms with van der Waals surface area (Å²) in [6.45, 7) is 2.89. The van der Waals surface area contributed by atoms with Gasteiger partial charge in [-0.05, 0) is 63.3 Å². The third-order valence-electron chi connectivity index (χ3n) is 10.4. The number of hydrogen-bond acceptors (Lipinski definition) is 8. The number of hydrogen-bond donors (Lipinski definition) is 2. The highest BCUT2D eigenvalue weighted by molar-refractivity contribution is 6.00. The second-order valence-electron chi connectivity index (χ2n) is 13.2. The molecule has 1 aromatic heterocycles. The number of para-hydroxylation sites is 1. The first-order chi connectivity index (χ1) is 22.2. The van der Waals surface area contributed by atoms with E-state index < -0.39 is 11.9 Å². The monoisotopic (exact) mass is 627 g/mol. The van der Waals surface area contributed by atoms with Gasteiger partial charge in [0.05, 0.1) is 34.7 Å². The van der Waals surface area contributed by atoms with Gasteiger partial charge in [0.2, 0.25) is 18.0 Å². The number of rotatable bonds is 6. The van der Waals surface area contributed by atoms with Crippen LogP contribution in [-0.4, -0.2) is 76.1 Å². The smallest absolute Gasteiger partial charge is 0.329 e. The van der Waals surface area contributed by atoms with Crippen LogP contribution in [-0.2, 0) is 16.6 Å². The maximum atomic E-state index is 13.4. The molecule has 4 heterocycles. The quantitative estimate of drug-likeness (QED) is 0.240. The summed E-state index contributed by atoms with van der Waals surface area (Å²) in [4.78, 5) is 42.7. The third-order valence-corrected chi connectivity index (χ3v) is 10.4. The average Bonchev–Trinajstić information content (AvgIpc) is 3.58. The highest BCUT2D eigenvalue weighted by Crippen LogP contribution is 2.32. The number of amides is 2. The molecule has 7 rings (SSSR count). The number of carbonyl (C=O) groups excluding carboxylic acids is 2.